The predicted molar refractivity (Wildman–Crippen MR) is 60.1 cm³/mol. The van der Waals surface area contributed by atoms with E-state index in [1.807, 2.05) is 0 Å². The third-order valence-corrected chi connectivity index (χ3v) is 2.13. The molecule has 0 aromatic carbocycles. The number of rotatable bonds is 7. The Kier molecular flexibility index (Phi) is 7.75. The molecule has 0 aromatic heterocycles. The molecule has 98 valence electrons. The molecule has 6 heteroatoms. The lowest BCUT2D eigenvalue weighted by Crippen LogP contribution is -2.36. The Morgan fingerprint density at radius 1 is 1.06 bits per heavy atom. The third-order valence-electron chi connectivity index (χ3n) is 2.13. The fourth-order valence-corrected chi connectivity index (χ4v) is 1.20. The number of carbonyl (C=O) groups is 3. The Labute approximate surface area is 101 Å². The standard InChI is InChI=1S/C11H19NO5/c1-4-12(8-11(15)16-3)9(13)6-7-10(14)17-5-2/h4-8H2,1-3H3. The number of hydrogen-bond acceptors (Lipinski definition) is 5. The first-order valence-corrected chi connectivity index (χ1v) is 5.55. The summed E-state index contributed by atoms with van der Waals surface area (Å²) in [5, 5.41) is 0. The van der Waals surface area contributed by atoms with Gasteiger partial charge in [-0.1, -0.05) is 0 Å². The molecule has 0 unspecified atom stereocenters. The maximum atomic E-state index is 11.6. The fraction of sp³-hybridized carbons (Fsp3) is 0.727. The largest absolute Gasteiger partial charge is 0.468 e. The summed E-state index contributed by atoms with van der Waals surface area (Å²) >= 11 is 0. The van der Waals surface area contributed by atoms with E-state index in [0.717, 1.165) is 0 Å². The highest BCUT2D eigenvalue weighted by Crippen LogP contribution is 2.00. The zero-order chi connectivity index (χ0) is 13.3. The van der Waals surface area contributed by atoms with Crippen molar-refractivity contribution in [3.05, 3.63) is 0 Å². The molecule has 0 fully saturated rings. The summed E-state index contributed by atoms with van der Waals surface area (Å²) in [6.07, 6.45) is 0.0774. The number of methoxy groups -OCH3 is 1. The van der Waals surface area contributed by atoms with Gasteiger partial charge < -0.3 is 14.4 Å². The van der Waals surface area contributed by atoms with Crippen molar-refractivity contribution in [1.29, 1.82) is 0 Å². The lowest BCUT2D eigenvalue weighted by molar-refractivity contribution is -0.148. The fourth-order valence-electron chi connectivity index (χ4n) is 1.20. The van der Waals surface area contributed by atoms with E-state index in [2.05, 4.69) is 4.74 Å². The van der Waals surface area contributed by atoms with Gasteiger partial charge in [0, 0.05) is 13.0 Å². The Hall–Kier alpha value is -1.59. The number of esters is 2. The molecule has 17 heavy (non-hydrogen) atoms. The highest BCUT2D eigenvalue weighted by Gasteiger charge is 2.17. The molecule has 0 spiro atoms. The van der Waals surface area contributed by atoms with Crippen molar-refractivity contribution in [1.82, 2.24) is 4.90 Å². The second kappa shape index (κ2) is 8.55. The van der Waals surface area contributed by atoms with Gasteiger partial charge in [-0.3, -0.25) is 14.4 Å². The summed E-state index contributed by atoms with van der Waals surface area (Å²) in [6, 6.07) is 0. The Bertz CT molecular complexity index is 277. The molecule has 0 saturated heterocycles. The first kappa shape index (κ1) is 15.4. The van der Waals surface area contributed by atoms with Crippen LogP contribution in [-0.4, -0.2) is 49.6 Å². The lowest BCUT2D eigenvalue weighted by atomic mass is 10.2. The van der Waals surface area contributed by atoms with Crippen molar-refractivity contribution in [2.45, 2.75) is 26.7 Å². The van der Waals surface area contributed by atoms with E-state index in [0.29, 0.717) is 13.2 Å². The van der Waals surface area contributed by atoms with E-state index in [1.54, 1.807) is 13.8 Å². The SMILES string of the molecule is CCOC(=O)CCC(=O)N(CC)CC(=O)OC. The minimum absolute atomic E-state index is 0.0321. The zero-order valence-electron chi connectivity index (χ0n) is 10.5. The van der Waals surface area contributed by atoms with Crippen LogP contribution in [0.4, 0.5) is 0 Å². The minimum Gasteiger partial charge on any atom is -0.468 e. The molecule has 0 bridgehead atoms. The van der Waals surface area contributed by atoms with Crippen molar-refractivity contribution in [3.63, 3.8) is 0 Å². The summed E-state index contributed by atoms with van der Waals surface area (Å²) in [4.78, 5) is 35.1. The second-order valence-electron chi connectivity index (χ2n) is 3.29. The van der Waals surface area contributed by atoms with Crippen LogP contribution in [0.1, 0.15) is 26.7 Å². The van der Waals surface area contributed by atoms with Crippen molar-refractivity contribution in [3.8, 4) is 0 Å². The van der Waals surface area contributed by atoms with Crippen LogP contribution in [0.5, 0.6) is 0 Å². The molecule has 0 aliphatic carbocycles. The van der Waals surface area contributed by atoms with Crippen LogP contribution >= 0.6 is 0 Å². The second-order valence-corrected chi connectivity index (χ2v) is 3.29. The van der Waals surface area contributed by atoms with E-state index in [4.69, 9.17) is 4.74 Å². The lowest BCUT2D eigenvalue weighted by Gasteiger charge is -2.19. The van der Waals surface area contributed by atoms with Crippen LogP contribution in [-0.2, 0) is 23.9 Å². The zero-order valence-corrected chi connectivity index (χ0v) is 10.5. The van der Waals surface area contributed by atoms with Gasteiger partial charge in [0.25, 0.3) is 0 Å². The average molecular weight is 245 g/mol. The van der Waals surface area contributed by atoms with Crippen LogP contribution in [0.2, 0.25) is 0 Å². The van der Waals surface area contributed by atoms with E-state index in [1.165, 1.54) is 12.0 Å². The maximum absolute atomic E-state index is 11.6. The highest BCUT2D eigenvalue weighted by molar-refractivity contribution is 5.84. The molecule has 0 saturated carbocycles. The number of nitrogens with zero attached hydrogens (tertiary/aromatic N) is 1. The van der Waals surface area contributed by atoms with Crippen LogP contribution in [0.3, 0.4) is 0 Å². The summed E-state index contributed by atoms with van der Waals surface area (Å²) in [6.45, 7) is 4.07. The molecule has 0 atom stereocenters. The van der Waals surface area contributed by atoms with Crippen LogP contribution < -0.4 is 0 Å². The van der Waals surface area contributed by atoms with Crippen molar-refractivity contribution in [2.75, 3.05) is 26.8 Å². The molecule has 0 aromatic rings. The van der Waals surface area contributed by atoms with Gasteiger partial charge in [0.2, 0.25) is 5.91 Å². The van der Waals surface area contributed by atoms with Gasteiger partial charge in [0.05, 0.1) is 20.1 Å². The molecule has 6 nitrogen and oxygen atoms in total. The quantitative estimate of drug-likeness (QED) is 0.605. The van der Waals surface area contributed by atoms with Gasteiger partial charge in [0.15, 0.2) is 0 Å². The molecule has 0 aliphatic heterocycles. The predicted octanol–water partition coefficient (Wildman–Crippen LogP) is 0.351. The van der Waals surface area contributed by atoms with Gasteiger partial charge >= 0.3 is 11.9 Å². The summed E-state index contributed by atoms with van der Waals surface area (Å²) in [5.74, 6) is -1.14. The van der Waals surface area contributed by atoms with Gasteiger partial charge in [-0.2, -0.15) is 0 Å². The van der Waals surface area contributed by atoms with Gasteiger partial charge in [-0.25, -0.2) is 0 Å². The monoisotopic (exact) mass is 245 g/mol. The van der Waals surface area contributed by atoms with Crippen LogP contribution in [0.15, 0.2) is 0 Å². The van der Waals surface area contributed by atoms with Crippen molar-refractivity contribution in [2.24, 2.45) is 0 Å². The van der Waals surface area contributed by atoms with E-state index < -0.39 is 11.9 Å². The Morgan fingerprint density at radius 2 is 1.71 bits per heavy atom. The summed E-state index contributed by atoms with van der Waals surface area (Å²) < 4.78 is 9.18. The smallest absolute Gasteiger partial charge is 0.325 e. The number of likely N-dealkylation sites (N-methyl/N-ethyl adjacent to an activating group) is 1. The van der Waals surface area contributed by atoms with E-state index in [9.17, 15) is 14.4 Å². The molecule has 0 aliphatic rings. The average Bonchev–Trinajstić information content (AvgIpc) is 2.32. The van der Waals surface area contributed by atoms with Crippen molar-refractivity contribution < 1.29 is 23.9 Å². The van der Waals surface area contributed by atoms with E-state index in [-0.39, 0.29) is 25.3 Å². The number of amides is 1. The molecule has 0 N–H and O–H groups in total. The first-order valence-electron chi connectivity index (χ1n) is 5.55. The molecule has 0 rings (SSSR count). The number of hydrogen-bond donors (Lipinski definition) is 0. The molecular formula is C11H19NO5. The molecule has 1 amide bonds. The number of carbonyl (C=O) groups excluding carboxylic acids is 3. The van der Waals surface area contributed by atoms with E-state index >= 15 is 0 Å². The maximum Gasteiger partial charge on any atom is 0.325 e. The third kappa shape index (κ3) is 6.55. The Balaban J connectivity index is 4.08. The highest BCUT2D eigenvalue weighted by atomic mass is 16.5. The summed E-state index contributed by atoms with van der Waals surface area (Å²) in [5.41, 5.74) is 0. The topological polar surface area (TPSA) is 72.9 Å². The van der Waals surface area contributed by atoms with Crippen LogP contribution in [0.25, 0.3) is 0 Å². The van der Waals surface area contributed by atoms with Gasteiger partial charge in [0.1, 0.15) is 6.54 Å². The Morgan fingerprint density at radius 3 is 2.18 bits per heavy atom. The number of ether oxygens (including phenoxy) is 2. The first-order chi connectivity index (χ1) is 8.04. The molecule has 0 radical (unpaired) electrons. The molecular weight excluding hydrogens is 226 g/mol. The van der Waals surface area contributed by atoms with Crippen LogP contribution in [0, 0.1) is 0 Å². The minimum atomic E-state index is -0.476. The van der Waals surface area contributed by atoms with Crippen molar-refractivity contribution >= 4 is 17.8 Å². The summed E-state index contributed by atoms with van der Waals surface area (Å²) in [7, 11) is 1.26. The molecule has 0 heterocycles. The van der Waals surface area contributed by atoms with Gasteiger partial charge in [-0.15, -0.1) is 0 Å². The normalized spacial score (nSPS) is 9.59. The van der Waals surface area contributed by atoms with Gasteiger partial charge in [-0.05, 0) is 13.8 Å².